The number of para-hydroxylation sites is 1. The minimum Gasteiger partial charge on any atom is -0.317 e. The lowest BCUT2D eigenvalue weighted by atomic mass is 10.1. The lowest BCUT2D eigenvalue weighted by Gasteiger charge is -2.17. The van der Waals surface area contributed by atoms with E-state index >= 15 is 0 Å². The van der Waals surface area contributed by atoms with Crippen LogP contribution in [0.2, 0.25) is 0 Å². The Morgan fingerprint density at radius 1 is 1.21 bits per heavy atom. The van der Waals surface area contributed by atoms with Gasteiger partial charge in [-0.2, -0.15) is 0 Å². The van der Waals surface area contributed by atoms with E-state index in [0.29, 0.717) is 4.91 Å². The molecule has 1 aromatic carbocycles. The number of aromatic nitrogens is 1. The van der Waals surface area contributed by atoms with Crippen LogP contribution < -0.4 is 0 Å². The predicted octanol–water partition coefficient (Wildman–Crippen LogP) is 5.58. The standard InChI is InChI=1S/C23H26N2O2S/c1-7-15(4)25-22(26)20(28-23(25)27)13-19-12-16(5)24(17(19)6)21-14(3)10-9-11-18(21)8-2/h7,9-13,15H,1,8H2,2-6H3/b20-13-/t15-/m1/s1. The number of aryl methyl sites for hydroxylation is 3. The molecule has 1 aromatic heterocycles. The number of rotatable bonds is 5. The molecule has 0 bridgehead atoms. The Kier molecular flexibility index (Phi) is 5.66. The maximum Gasteiger partial charge on any atom is 0.294 e. The molecule has 0 radical (unpaired) electrons. The third-order valence-corrected chi connectivity index (χ3v) is 6.14. The van der Waals surface area contributed by atoms with E-state index in [9.17, 15) is 9.59 Å². The summed E-state index contributed by atoms with van der Waals surface area (Å²) in [5, 5.41) is -0.246. The summed E-state index contributed by atoms with van der Waals surface area (Å²) < 4.78 is 2.25. The van der Waals surface area contributed by atoms with Crippen molar-refractivity contribution in [1.29, 1.82) is 0 Å². The molecule has 1 atom stereocenters. The van der Waals surface area contributed by atoms with Gasteiger partial charge in [0.15, 0.2) is 0 Å². The van der Waals surface area contributed by atoms with E-state index in [1.807, 2.05) is 6.08 Å². The molecule has 0 unspecified atom stereocenters. The van der Waals surface area contributed by atoms with Crippen LogP contribution in [-0.4, -0.2) is 26.7 Å². The molecule has 2 aromatic rings. The number of imide groups is 1. The van der Waals surface area contributed by atoms with Crippen molar-refractivity contribution in [2.75, 3.05) is 0 Å². The van der Waals surface area contributed by atoms with Crippen LogP contribution in [0.3, 0.4) is 0 Å². The van der Waals surface area contributed by atoms with Crippen molar-refractivity contribution in [1.82, 2.24) is 9.47 Å². The van der Waals surface area contributed by atoms with Crippen LogP contribution in [0.25, 0.3) is 11.8 Å². The van der Waals surface area contributed by atoms with Gasteiger partial charge in [0, 0.05) is 11.4 Å². The monoisotopic (exact) mass is 394 g/mol. The summed E-state index contributed by atoms with van der Waals surface area (Å²) in [6.07, 6.45) is 4.39. The Balaban J connectivity index is 2.07. The van der Waals surface area contributed by atoms with Gasteiger partial charge in [0.25, 0.3) is 11.1 Å². The molecule has 3 rings (SSSR count). The number of hydrogen-bond donors (Lipinski definition) is 0. The zero-order chi connectivity index (χ0) is 20.6. The zero-order valence-electron chi connectivity index (χ0n) is 17.1. The van der Waals surface area contributed by atoms with Gasteiger partial charge in [-0.15, -0.1) is 6.58 Å². The largest absolute Gasteiger partial charge is 0.317 e. The molecule has 146 valence electrons. The summed E-state index contributed by atoms with van der Waals surface area (Å²) in [4.78, 5) is 26.7. The second-order valence-electron chi connectivity index (χ2n) is 7.13. The van der Waals surface area contributed by atoms with Gasteiger partial charge in [-0.05, 0) is 74.7 Å². The van der Waals surface area contributed by atoms with E-state index in [2.05, 4.69) is 63.1 Å². The van der Waals surface area contributed by atoms with Crippen LogP contribution in [0.4, 0.5) is 4.79 Å². The average molecular weight is 395 g/mol. The molecular formula is C23H26N2O2S. The Morgan fingerprint density at radius 3 is 2.57 bits per heavy atom. The lowest BCUT2D eigenvalue weighted by molar-refractivity contribution is -0.123. The average Bonchev–Trinajstić information content (AvgIpc) is 3.09. The number of amides is 2. The van der Waals surface area contributed by atoms with Gasteiger partial charge in [0.2, 0.25) is 0 Å². The summed E-state index contributed by atoms with van der Waals surface area (Å²) in [7, 11) is 0. The van der Waals surface area contributed by atoms with E-state index < -0.39 is 0 Å². The first-order chi connectivity index (χ1) is 13.3. The highest BCUT2D eigenvalue weighted by atomic mass is 32.2. The summed E-state index contributed by atoms with van der Waals surface area (Å²) in [6, 6.07) is 8.12. The smallest absolute Gasteiger partial charge is 0.294 e. The van der Waals surface area contributed by atoms with E-state index in [1.165, 1.54) is 21.7 Å². The number of nitrogens with zero attached hydrogens (tertiary/aromatic N) is 2. The Bertz CT molecular complexity index is 1000. The van der Waals surface area contributed by atoms with Crippen molar-refractivity contribution < 1.29 is 9.59 Å². The minimum absolute atomic E-state index is 0.246. The first-order valence-corrected chi connectivity index (χ1v) is 10.3. The molecule has 1 aliphatic heterocycles. The number of carbonyl (C=O) groups is 2. The van der Waals surface area contributed by atoms with E-state index in [-0.39, 0.29) is 17.2 Å². The van der Waals surface area contributed by atoms with Crippen molar-refractivity contribution in [3.63, 3.8) is 0 Å². The Labute approximate surface area is 170 Å². The van der Waals surface area contributed by atoms with Crippen LogP contribution in [-0.2, 0) is 11.2 Å². The fourth-order valence-electron chi connectivity index (χ4n) is 3.68. The van der Waals surface area contributed by atoms with Gasteiger partial charge >= 0.3 is 0 Å². The van der Waals surface area contributed by atoms with Crippen molar-refractivity contribution in [3.05, 3.63) is 69.9 Å². The fraction of sp³-hybridized carbons (Fsp3) is 0.304. The van der Waals surface area contributed by atoms with Crippen LogP contribution in [0.15, 0.2) is 41.8 Å². The van der Waals surface area contributed by atoms with Gasteiger partial charge in [0.1, 0.15) is 0 Å². The highest BCUT2D eigenvalue weighted by Crippen LogP contribution is 2.35. The molecule has 0 spiro atoms. The van der Waals surface area contributed by atoms with E-state index in [0.717, 1.165) is 35.1 Å². The lowest BCUT2D eigenvalue weighted by Crippen LogP contribution is -2.35. The second-order valence-corrected chi connectivity index (χ2v) is 8.12. The van der Waals surface area contributed by atoms with Gasteiger partial charge in [0.05, 0.1) is 16.6 Å². The third kappa shape index (κ3) is 3.35. The SMILES string of the molecule is C=C[C@@H](C)N1C(=O)S/C(=C\c2cc(C)n(-c3c(C)cccc3CC)c2C)C1=O. The van der Waals surface area contributed by atoms with Crippen molar-refractivity contribution in [3.8, 4) is 5.69 Å². The van der Waals surface area contributed by atoms with Crippen LogP contribution in [0, 0.1) is 20.8 Å². The number of hydrogen-bond acceptors (Lipinski definition) is 3. The van der Waals surface area contributed by atoms with Gasteiger partial charge in [-0.3, -0.25) is 14.5 Å². The molecule has 0 saturated carbocycles. The van der Waals surface area contributed by atoms with E-state index in [1.54, 1.807) is 13.0 Å². The Morgan fingerprint density at radius 2 is 1.93 bits per heavy atom. The molecule has 1 saturated heterocycles. The van der Waals surface area contributed by atoms with Gasteiger partial charge in [-0.1, -0.05) is 31.2 Å². The van der Waals surface area contributed by atoms with Gasteiger partial charge in [-0.25, -0.2) is 0 Å². The summed E-state index contributed by atoms with van der Waals surface area (Å²) in [5.41, 5.74) is 6.82. The molecule has 28 heavy (non-hydrogen) atoms. The molecule has 5 heteroatoms. The van der Waals surface area contributed by atoms with E-state index in [4.69, 9.17) is 0 Å². The molecule has 1 aliphatic rings. The summed E-state index contributed by atoms with van der Waals surface area (Å²) in [5.74, 6) is -0.252. The van der Waals surface area contributed by atoms with Crippen molar-refractivity contribution in [2.45, 2.75) is 47.1 Å². The molecule has 2 amide bonds. The van der Waals surface area contributed by atoms with Crippen LogP contribution in [0.1, 0.15) is 41.9 Å². The molecule has 0 N–H and O–H groups in total. The highest BCUT2D eigenvalue weighted by molar-refractivity contribution is 8.18. The van der Waals surface area contributed by atoms with Crippen molar-refractivity contribution >= 4 is 29.0 Å². The maximum absolute atomic E-state index is 12.7. The second kappa shape index (κ2) is 7.84. The molecule has 1 fully saturated rings. The minimum atomic E-state index is -0.315. The molecule has 0 aliphatic carbocycles. The summed E-state index contributed by atoms with van der Waals surface area (Å²) in [6.45, 7) is 13.9. The molecular weight excluding hydrogens is 368 g/mol. The summed E-state index contributed by atoms with van der Waals surface area (Å²) >= 11 is 0.992. The quantitative estimate of drug-likeness (QED) is 0.491. The normalized spacial score (nSPS) is 16.9. The number of thioether (sulfide) groups is 1. The highest BCUT2D eigenvalue weighted by Gasteiger charge is 2.37. The zero-order valence-corrected chi connectivity index (χ0v) is 17.9. The maximum atomic E-state index is 12.7. The van der Waals surface area contributed by atoms with Crippen LogP contribution in [0.5, 0.6) is 0 Å². The van der Waals surface area contributed by atoms with Crippen LogP contribution >= 0.6 is 11.8 Å². The van der Waals surface area contributed by atoms with Crippen molar-refractivity contribution in [2.24, 2.45) is 0 Å². The molecule has 4 nitrogen and oxygen atoms in total. The number of benzene rings is 1. The topological polar surface area (TPSA) is 42.3 Å². The molecule has 2 heterocycles. The van der Waals surface area contributed by atoms with Gasteiger partial charge < -0.3 is 4.57 Å². The number of carbonyl (C=O) groups excluding carboxylic acids is 2. The third-order valence-electron chi connectivity index (χ3n) is 5.25. The first-order valence-electron chi connectivity index (χ1n) is 9.47. The fourth-order valence-corrected chi connectivity index (χ4v) is 4.59. The predicted molar refractivity (Wildman–Crippen MR) is 117 cm³/mol. The Hall–Kier alpha value is -2.53. The first kappa shape index (κ1) is 20.2.